The second-order valence-electron chi connectivity index (χ2n) is 16.5. The molecule has 2 unspecified atom stereocenters. The summed E-state index contributed by atoms with van der Waals surface area (Å²) >= 11 is 0. The maximum atomic E-state index is 3.62. The number of hydrogen-bond donors (Lipinski definition) is 1. The van der Waals surface area contributed by atoms with Gasteiger partial charge in [0, 0.05) is 43.7 Å². The molecule has 4 aliphatic carbocycles. The molecule has 6 aliphatic rings. The Labute approximate surface area is 317 Å². The first-order valence-corrected chi connectivity index (χ1v) is 21.4. The number of hydrogen-bond acceptors (Lipinski definition) is 2. The summed E-state index contributed by atoms with van der Waals surface area (Å²) in [4.78, 5) is 2.77. The molecule has 2 heterocycles. The van der Waals surface area contributed by atoms with E-state index in [1.165, 1.54) is 100 Å². The molecule has 276 valence electrons. The third-order valence-electron chi connectivity index (χ3n) is 13.4. The summed E-state index contributed by atoms with van der Waals surface area (Å²) in [7, 11) is 0. The van der Waals surface area contributed by atoms with Crippen LogP contribution in [0.2, 0.25) is 0 Å². The van der Waals surface area contributed by atoms with Gasteiger partial charge in [-0.3, -0.25) is 0 Å². The second kappa shape index (κ2) is 17.6. The Morgan fingerprint density at radius 3 is 2.15 bits per heavy atom. The Morgan fingerprint density at radius 2 is 1.48 bits per heavy atom. The number of anilines is 1. The van der Waals surface area contributed by atoms with E-state index < -0.39 is 0 Å². The van der Waals surface area contributed by atoms with Gasteiger partial charge in [0.05, 0.1) is 0 Å². The average molecular weight is 695 g/mol. The van der Waals surface area contributed by atoms with Gasteiger partial charge in [0.25, 0.3) is 0 Å². The van der Waals surface area contributed by atoms with Crippen LogP contribution in [-0.4, -0.2) is 26.2 Å². The largest absolute Gasteiger partial charge is 0.363 e. The van der Waals surface area contributed by atoms with Crippen molar-refractivity contribution in [1.29, 1.82) is 0 Å². The number of benzene rings is 1. The Balaban J connectivity index is 1.32. The zero-order chi connectivity index (χ0) is 35.9. The number of nitrogens with zero attached hydrogens (tertiary/aromatic N) is 1. The molecule has 0 bridgehead atoms. The summed E-state index contributed by atoms with van der Waals surface area (Å²) < 4.78 is 0. The highest BCUT2D eigenvalue weighted by atomic mass is 15.1. The Bertz CT molecular complexity index is 1750. The van der Waals surface area contributed by atoms with Crippen molar-refractivity contribution in [3.8, 4) is 0 Å². The Hall–Kier alpha value is -3.36. The van der Waals surface area contributed by atoms with Gasteiger partial charge >= 0.3 is 0 Å². The minimum absolute atomic E-state index is 0.551. The van der Waals surface area contributed by atoms with E-state index >= 15 is 0 Å². The van der Waals surface area contributed by atoms with Gasteiger partial charge in [0.1, 0.15) is 0 Å². The van der Waals surface area contributed by atoms with E-state index in [2.05, 4.69) is 105 Å². The Kier molecular flexibility index (Phi) is 12.5. The van der Waals surface area contributed by atoms with Crippen LogP contribution >= 0.6 is 0 Å². The number of nitrogens with one attached hydrogen (secondary N) is 1. The van der Waals surface area contributed by atoms with Crippen LogP contribution in [0.3, 0.4) is 0 Å². The van der Waals surface area contributed by atoms with Gasteiger partial charge in [-0.05, 0) is 166 Å². The fourth-order valence-electron chi connectivity index (χ4n) is 10.4. The van der Waals surface area contributed by atoms with Crippen molar-refractivity contribution in [3.63, 3.8) is 0 Å². The standard InChI is InChI=1S/C50H66N2/c1-5-7-9-16-38(6-2)39-25-27-40(28-26-39)50-35-52(43-17-10-8-11-18-43)34-42(24-23-36(3)37(4)44-19-12-13-20-47(44)50)46-30-29-45(41-31-32-51-33-41)48-21-14-15-22-49(46)48/h8,10-11,16-18,23-25,27,31,45-46,51H,5-7,9,12-15,19-22,26,28-30,32-35H2,1-4H3/b36-23+,38-16+,42-24+,44-37+,50-47+. The van der Waals surface area contributed by atoms with E-state index in [0.29, 0.717) is 11.8 Å². The number of para-hydroxylation sites is 1. The maximum Gasteiger partial charge on any atom is 0.0438 e. The van der Waals surface area contributed by atoms with Crippen LogP contribution < -0.4 is 10.2 Å². The average Bonchev–Trinajstić information content (AvgIpc) is 3.74. The third-order valence-corrected chi connectivity index (χ3v) is 13.4. The molecule has 2 aliphatic heterocycles. The minimum atomic E-state index is 0.551. The number of rotatable bonds is 9. The zero-order valence-electron chi connectivity index (χ0n) is 33.1. The van der Waals surface area contributed by atoms with Gasteiger partial charge in [-0.15, -0.1) is 0 Å². The number of allylic oxidation sites excluding steroid dienone is 13. The first-order valence-electron chi connectivity index (χ1n) is 21.4. The van der Waals surface area contributed by atoms with Crippen molar-refractivity contribution in [2.75, 3.05) is 31.1 Å². The first-order chi connectivity index (χ1) is 25.6. The van der Waals surface area contributed by atoms with E-state index in [9.17, 15) is 0 Å². The highest BCUT2D eigenvalue weighted by Crippen LogP contribution is 2.48. The van der Waals surface area contributed by atoms with E-state index in [1.807, 2.05) is 11.1 Å². The van der Waals surface area contributed by atoms with E-state index in [-0.39, 0.29) is 0 Å². The molecule has 1 fully saturated rings. The summed E-state index contributed by atoms with van der Waals surface area (Å²) in [5.74, 6) is 1.22. The molecule has 2 heteroatoms. The van der Waals surface area contributed by atoms with Crippen LogP contribution in [0.5, 0.6) is 0 Å². The first kappa shape index (κ1) is 37.0. The summed E-state index contributed by atoms with van der Waals surface area (Å²) in [6.07, 6.45) is 35.3. The predicted octanol–water partition coefficient (Wildman–Crippen LogP) is 13.2. The maximum absolute atomic E-state index is 3.62. The highest BCUT2D eigenvalue weighted by Gasteiger charge is 2.35. The van der Waals surface area contributed by atoms with Crippen LogP contribution in [0.25, 0.3) is 0 Å². The second-order valence-corrected chi connectivity index (χ2v) is 16.5. The molecule has 0 radical (unpaired) electrons. The van der Waals surface area contributed by atoms with Gasteiger partial charge in [0.2, 0.25) is 0 Å². The molecule has 0 aromatic heterocycles. The van der Waals surface area contributed by atoms with Gasteiger partial charge in [-0.1, -0.05) is 98.1 Å². The lowest BCUT2D eigenvalue weighted by Crippen LogP contribution is -2.33. The zero-order valence-corrected chi connectivity index (χ0v) is 33.1. The summed E-state index contributed by atoms with van der Waals surface area (Å²) in [6, 6.07) is 11.4. The molecule has 1 aromatic carbocycles. The predicted molar refractivity (Wildman–Crippen MR) is 225 cm³/mol. The van der Waals surface area contributed by atoms with Crippen LogP contribution in [0, 0.1) is 11.8 Å². The number of fused-ring (bicyclic) bond motifs is 1. The molecule has 1 aromatic rings. The van der Waals surface area contributed by atoms with Gasteiger partial charge < -0.3 is 10.2 Å². The molecule has 2 atom stereocenters. The lowest BCUT2D eigenvalue weighted by Gasteiger charge is -2.40. The molecule has 0 spiro atoms. The fourth-order valence-corrected chi connectivity index (χ4v) is 10.4. The van der Waals surface area contributed by atoms with Crippen molar-refractivity contribution in [2.24, 2.45) is 11.8 Å². The van der Waals surface area contributed by atoms with Crippen molar-refractivity contribution in [3.05, 3.63) is 134 Å². The summed E-state index contributed by atoms with van der Waals surface area (Å²) in [5.41, 5.74) is 20.9. The summed E-state index contributed by atoms with van der Waals surface area (Å²) in [5, 5.41) is 3.62. The smallest absolute Gasteiger partial charge is 0.0438 e. The molecule has 52 heavy (non-hydrogen) atoms. The normalized spacial score (nSPS) is 29.9. The quantitative estimate of drug-likeness (QED) is 0.204. The molecule has 7 rings (SSSR count). The van der Waals surface area contributed by atoms with Gasteiger partial charge in [-0.2, -0.15) is 0 Å². The van der Waals surface area contributed by atoms with Crippen molar-refractivity contribution >= 4 is 5.69 Å². The topological polar surface area (TPSA) is 15.3 Å². The molecule has 2 nitrogen and oxygen atoms in total. The van der Waals surface area contributed by atoms with Gasteiger partial charge in [0.15, 0.2) is 0 Å². The van der Waals surface area contributed by atoms with Crippen molar-refractivity contribution < 1.29 is 0 Å². The third kappa shape index (κ3) is 8.23. The van der Waals surface area contributed by atoms with Crippen LogP contribution in [0.1, 0.15) is 130 Å². The lowest BCUT2D eigenvalue weighted by molar-refractivity contribution is 0.423. The van der Waals surface area contributed by atoms with E-state index in [4.69, 9.17) is 0 Å². The van der Waals surface area contributed by atoms with Crippen LogP contribution in [0.15, 0.2) is 134 Å². The molecule has 0 saturated heterocycles. The van der Waals surface area contributed by atoms with Crippen molar-refractivity contribution in [2.45, 2.75) is 130 Å². The van der Waals surface area contributed by atoms with Crippen LogP contribution in [0.4, 0.5) is 5.69 Å². The highest BCUT2D eigenvalue weighted by molar-refractivity contribution is 5.59. The van der Waals surface area contributed by atoms with E-state index in [0.717, 1.165) is 45.4 Å². The Morgan fingerprint density at radius 1 is 0.750 bits per heavy atom. The lowest BCUT2D eigenvalue weighted by atomic mass is 9.67. The molecule has 1 saturated carbocycles. The summed E-state index contributed by atoms with van der Waals surface area (Å²) in [6.45, 7) is 13.6. The monoisotopic (exact) mass is 695 g/mol. The van der Waals surface area contributed by atoms with Crippen molar-refractivity contribution in [1.82, 2.24) is 5.32 Å². The number of unbranched alkanes of at least 4 members (excludes halogenated alkanes) is 2. The fraction of sp³-hybridized carbons (Fsp3) is 0.520. The van der Waals surface area contributed by atoms with Crippen LogP contribution in [-0.2, 0) is 0 Å². The van der Waals surface area contributed by atoms with E-state index in [1.54, 1.807) is 44.6 Å². The molecular formula is C50H66N2. The SMILES string of the molecule is CCCC/C=C(\CC)C1=CC=C(\C2=C3/CCCC/C3=C(C)\C(C)=C\C=C(\C3CCC(C4=CCNC4)C4=C3CCCC4)CN(c3ccccc3)C2)CC1. The molecular weight excluding hydrogens is 629 g/mol. The molecule has 1 N–H and O–H groups in total. The minimum Gasteiger partial charge on any atom is -0.363 e. The van der Waals surface area contributed by atoms with Gasteiger partial charge in [-0.25, -0.2) is 0 Å². The molecule has 0 amide bonds.